The number of nitrogens with one attached hydrogen (secondary N) is 1. The molecule has 1 amide bonds. The van der Waals surface area contributed by atoms with E-state index in [1.165, 1.54) is 0 Å². The van der Waals surface area contributed by atoms with Gasteiger partial charge < -0.3 is 19.5 Å². The van der Waals surface area contributed by atoms with Crippen LogP contribution in [0.3, 0.4) is 0 Å². The van der Waals surface area contributed by atoms with E-state index in [0.717, 1.165) is 0 Å². The molecule has 0 bridgehead atoms. The van der Waals surface area contributed by atoms with Crippen molar-refractivity contribution in [3.63, 3.8) is 0 Å². The van der Waals surface area contributed by atoms with Crippen LogP contribution in [0.2, 0.25) is 5.02 Å². The zero-order valence-electron chi connectivity index (χ0n) is 14.4. The second-order valence-electron chi connectivity index (χ2n) is 5.13. The Morgan fingerprint density at radius 2 is 1.73 bits per heavy atom. The molecule has 138 valence electrons. The van der Waals surface area contributed by atoms with Crippen LogP contribution in [0.5, 0.6) is 11.5 Å². The summed E-state index contributed by atoms with van der Waals surface area (Å²) in [5, 5.41) is 3.13. The van der Waals surface area contributed by atoms with E-state index < -0.39 is 11.9 Å². The molecule has 0 fully saturated rings. The Morgan fingerprint density at radius 1 is 1.00 bits per heavy atom. The molecule has 0 aromatic heterocycles. The van der Waals surface area contributed by atoms with Crippen LogP contribution in [0.25, 0.3) is 0 Å². The Labute approximate surface area is 157 Å². The molecule has 0 atom stereocenters. The van der Waals surface area contributed by atoms with Gasteiger partial charge in [-0.3, -0.25) is 9.59 Å². The minimum absolute atomic E-state index is 0.0763. The van der Waals surface area contributed by atoms with E-state index >= 15 is 0 Å². The quantitative estimate of drug-likeness (QED) is 0.537. The molecule has 0 radical (unpaired) electrons. The van der Waals surface area contributed by atoms with Crippen LogP contribution in [0, 0.1) is 0 Å². The highest BCUT2D eigenvalue weighted by Crippen LogP contribution is 2.17. The van der Waals surface area contributed by atoms with Gasteiger partial charge in [-0.2, -0.15) is 0 Å². The molecule has 26 heavy (non-hydrogen) atoms. The molecule has 0 unspecified atom stereocenters. The summed E-state index contributed by atoms with van der Waals surface area (Å²) in [4.78, 5) is 23.9. The molecule has 7 heteroatoms. The molecule has 6 nitrogen and oxygen atoms in total. The van der Waals surface area contributed by atoms with Crippen molar-refractivity contribution < 1.29 is 23.8 Å². The van der Waals surface area contributed by atoms with Crippen molar-refractivity contribution >= 4 is 23.5 Å². The number of carbonyl (C=O) groups is 2. The number of halogens is 1. The molecule has 0 saturated heterocycles. The summed E-state index contributed by atoms with van der Waals surface area (Å²) in [6, 6.07) is 13.7. The molecule has 0 heterocycles. The van der Waals surface area contributed by atoms with Gasteiger partial charge in [0.2, 0.25) is 0 Å². The van der Waals surface area contributed by atoms with Crippen molar-refractivity contribution in [2.45, 2.75) is 6.92 Å². The van der Waals surface area contributed by atoms with Crippen molar-refractivity contribution in [1.29, 1.82) is 0 Å². The first kappa shape index (κ1) is 19.6. The summed E-state index contributed by atoms with van der Waals surface area (Å²) in [6.07, 6.45) is 0. The molecule has 2 rings (SSSR count). The Hall–Kier alpha value is -2.73. The van der Waals surface area contributed by atoms with Crippen molar-refractivity contribution in [3.05, 3.63) is 59.1 Å². The average molecular weight is 378 g/mol. The van der Waals surface area contributed by atoms with Crippen LogP contribution in [-0.4, -0.2) is 38.2 Å². The van der Waals surface area contributed by atoms with Gasteiger partial charge in [-0.1, -0.05) is 23.7 Å². The minimum Gasteiger partial charge on any atom is -0.493 e. The van der Waals surface area contributed by atoms with E-state index in [2.05, 4.69) is 5.32 Å². The van der Waals surface area contributed by atoms with E-state index in [0.29, 0.717) is 28.7 Å². The summed E-state index contributed by atoms with van der Waals surface area (Å²) in [6.45, 7) is 2.32. The highest BCUT2D eigenvalue weighted by molar-refractivity contribution is 6.30. The molecule has 0 spiro atoms. The van der Waals surface area contributed by atoms with Crippen LogP contribution in [0.15, 0.2) is 48.5 Å². The number of carbonyl (C=O) groups excluding carboxylic acids is 2. The van der Waals surface area contributed by atoms with E-state index in [1.807, 2.05) is 6.92 Å². The topological polar surface area (TPSA) is 73.9 Å². The summed E-state index contributed by atoms with van der Waals surface area (Å²) in [7, 11) is 0. The first-order valence-electron chi connectivity index (χ1n) is 8.14. The standard InChI is InChI=1S/C19H20ClNO5/c1-2-24-17-6-4-3-5-16(17)19(23)21-13-18(22)26-12-11-25-15-9-7-14(20)8-10-15/h3-10H,2,11-13H2,1H3,(H,21,23). The van der Waals surface area contributed by atoms with Crippen LogP contribution in [0.1, 0.15) is 17.3 Å². The van der Waals surface area contributed by atoms with Gasteiger partial charge in [-0.05, 0) is 43.3 Å². The predicted molar refractivity (Wildman–Crippen MR) is 97.9 cm³/mol. The first-order valence-corrected chi connectivity index (χ1v) is 8.52. The summed E-state index contributed by atoms with van der Waals surface area (Å²) >= 11 is 5.78. The zero-order valence-corrected chi connectivity index (χ0v) is 15.1. The lowest BCUT2D eigenvalue weighted by molar-refractivity contribution is -0.143. The second-order valence-corrected chi connectivity index (χ2v) is 5.57. The lowest BCUT2D eigenvalue weighted by Gasteiger charge is -2.10. The number of benzene rings is 2. The Kier molecular flexibility index (Phi) is 7.76. The normalized spacial score (nSPS) is 10.1. The number of hydrogen-bond donors (Lipinski definition) is 1. The zero-order chi connectivity index (χ0) is 18.8. The lowest BCUT2D eigenvalue weighted by Crippen LogP contribution is -2.31. The molecular formula is C19H20ClNO5. The van der Waals surface area contributed by atoms with Crippen LogP contribution in [0.4, 0.5) is 0 Å². The van der Waals surface area contributed by atoms with Gasteiger partial charge in [-0.25, -0.2) is 0 Å². The molecule has 0 aliphatic carbocycles. The maximum absolute atomic E-state index is 12.2. The SMILES string of the molecule is CCOc1ccccc1C(=O)NCC(=O)OCCOc1ccc(Cl)cc1. The molecule has 0 aliphatic rings. The highest BCUT2D eigenvalue weighted by Gasteiger charge is 2.13. The summed E-state index contributed by atoms with van der Waals surface area (Å²) in [5.74, 6) is 0.152. The van der Waals surface area contributed by atoms with E-state index in [1.54, 1.807) is 48.5 Å². The van der Waals surface area contributed by atoms with Crippen molar-refractivity contribution in [1.82, 2.24) is 5.32 Å². The summed E-state index contributed by atoms with van der Waals surface area (Å²) in [5.41, 5.74) is 0.369. The molecule has 2 aromatic carbocycles. The van der Waals surface area contributed by atoms with Gasteiger partial charge in [0.1, 0.15) is 31.3 Å². The predicted octanol–water partition coefficient (Wildman–Crippen LogP) is 3.09. The number of esters is 1. The first-order chi connectivity index (χ1) is 12.6. The monoisotopic (exact) mass is 377 g/mol. The van der Waals surface area contributed by atoms with Gasteiger partial charge in [0, 0.05) is 5.02 Å². The molecule has 2 aromatic rings. The van der Waals surface area contributed by atoms with Gasteiger partial charge in [0.05, 0.1) is 12.2 Å². The molecular weight excluding hydrogens is 358 g/mol. The Balaban J connectivity index is 1.70. The minimum atomic E-state index is -0.549. The number of para-hydroxylation sites is 1. The van der Waals surface area contributed by atoms with Gasteiger partial charge >= 0.3 is 5.97 Å². The third kappa shape index (κ3) is 6.29. The molecule has 0 saturated carbocycles. The van der Waals surface area contributed by atoms with Crippen molar-refractivity contribution in [2.24, 2.45) is 0 Å². The fourth-order valence-corrected chi connectivity index (χ4v) is 2.21. The van der Waals surface area contributed by atoms with Gasteiger partial charge in [0.15, 0.2) is 0 Å². The Morgan fingerprint density at radius 3 is 2.46 bits per heavy atom. The van der Waals surface area contributed by atoms with Crippen molar-refractivity contribution in [2.75, 3.05) is 26.4 Å². The van der Waals surface area contributed by atoms with Crippen LogP contribution < -0.4 is 14.8 Å². The Bertz CT molecular complexity index is 733. The average Bonchev–Trinajstić information content (AvgIpc) is 2.65. The van der Waals surface area contributed by atoms with E-state index in [4.69, 9.17) is 25.8 Å². The number of amides is 1. The number of rotatable bonds is 9. The fourth-order valence-electron chi connectivity index (χ4n) is 2.08. The van der Waals surface area contributed by atoms with Gasteiger partial charge in [0.25, 0.3) is 5.91 Å². The van der Waals surface area contributed by atoms with Crippen LogP contribution >= 0.6 is 11.6 Å². The van der Waals surface area contributed by atoms with E-state index in [-0.39, 0.29) is 19.8 Å². The van der Waals surface area contributed by atoms with Gasteiger partial charge in [-0.15, -0.1) is 0 Å². The third-order valence-electron chi connectivity index (χ3n) is 3.25. The largest absolute Gasteiger partial charge is 0.493 e. The molecule has 1 N–H and O–H groups in total. The third-order valence-corrected chi connectivity index (χ3v) is 3.51. The molecule has 0 aliphatic heterocycles. The smallest absolute Gasteiger partial charge is 0.325 e. The second kappa shape index (κ2) is 10.3. The maximum Gasteiger partial charge on any atom is 0.325 e. The lowest BCUT2D eigenvalue weighted by atomic mass is 10.2. The van der Waals surface area contributed by atoms with Crippen molar-refractivity contribution in [3.8, 4) is 11.5 Å². The highest BCUT2D eigenvalue weighted by atomic mass is 35.5. The number of hydrogen-bond acceptors (Lipinski definition) is 5. The number of ether oxygens (including phenoxy) is 3. The summed E-state index contributed by atoms with van der Waals surface area (Å²) < 4.78 is 15.8. The fraction of sp³-hybridized carbons (Fsp3) is 0.263. The maximum atomic E-state index is 12.2. The van der Waals surface area contributed by atoms with Crippen LogP contribution in [-0.2, 0) is 9.53 Å². The van der Waals surface area contributed by atoms with E-state index in [9.17, 15) is 9.59 Å².